The molecule has 0 spiro atoms. The van der Waals surface area contributed by atoms with Crippen molar-refractivity contribution in [1.82, 2.24) is 5.32 Å². The smallest absolute Gasteiger partial charge is 0.305 e. The Morgan fingerprint density at radius 1 is 1.56 bits per heavy atom. The Bertz CT molecular complexity index is 384. The molecule has 1 heterocycles. The topological polar surface area (TPSA) is 66.4 Å². The highest BCUT2D eigenvalue weighted by molar-refractivity contribution is 7.12. The molecule has 0 aliphatic heterocycles. The maximum Gasteiger partial charge on any atom is 0.305 e. The fourth-order valence-electron chi connectivity index (χ4n) is 1.67. The maximum atomic E-state index is 11.7. The van der Waals surface area contributed by atoms with Crippen molar-refractivity contribution in [1.29, 1.82) is 0 Å². The van der Waals surface area contributed by atoms with Crippen LogP contribution < -0.4 is 5.32 Å². The van der Waals surface area contributed by atoms with E-state index in [2.05, 4.69) is 5.32 Å². The molecule has 1 unspecified atom stereocenters. The molecule has 0 saturated heterocycles. The first-order valence-corrected chi connectivity index (χ1v) is 6.11. The average Bonchev–Trinajstić information content (AvgIpc) is 2.91. The Hall–Kier alpha value is -1.36. The maximum absolute atomic E-state index is 11.7. The standard InChI is InChI=1S/C11H13NO3S/c13-10(14)6-8(7-3-4-7)12-11(15)9-2-1-5-16-9/h1-2,5,7-8H,3-4,6H2,(H,12,15)(H,13,14). The average molecular weight is 239 g/mol. The lowest BCUT2D eigenvalue weighted by atomic mass is 10.1. The van der Waals surface area contributed by atoms with Crippen molar-refractivity contribution in [3.63, 3.8) is 0 Å². The van der Waals surface area contributed by atoms with Crippen LogP contribution >= 0.6 is 11.3 Å². The van der Waals surface area contributed by atoms with Crippen molar-refractivity contribution >= 4 is 23.2 Å². The van der Waals surface area contributed by atoms with Crippen molar-refractivity contribution in [2.45, 2.75) is 25.3 Å². The van der Waals surface area contributed by atoms with Crippen molar-refractivity contribution in [3.05, 3.63) is 22.4 Å². The van der Waals surface area contributed by atoms with Crippen LogP contribution in [0.15, 0.2) is 17.5 Å². The third kappa shape index (κ3) is 2.82. The van der Waals surface area contributed by atoms with Gasteiger partial charge in [-0.1, -0.05) is 6.07 Å². The summed E-state index contributed by atoms with van der Waals surface area (Å²) in [7, 11) is 0. The summed E-state index contributed by atoms with van der Waals surface area (Å²) in [5.41, 5.74) is 0. The van der Waals surface area contributed by atoms with Gasteiger partial charge in [0.15, 0.2) is 0 Å². The number of carboxylic acids is 1. The quantitative estimate of drug-likeness (QED) is 0.822. The second-order valence-corrected chi connectivity index (χ2v) is 4.94. The molecule has 0 radical (unpaired) electrons. The fourth-order valence-corrected chi connectivity index (χ4v) is 2.30. The lowest BCUT2D eigenvalue weighted by molar-refractivity contribution is -0.137. The SMILES string of the molecule is O=C(O)CC(NC(=O)c1cccs1)C1CC1. The molecule has 1 amide bonds. The second kappa shape index (κ2) is 4.65. The van der Waals surface area contributed by atoms with Crippen molar-refractivity contribution in [2.24, 2.45) is 5.92 Å². The van der Waals surface area contributed by atoms with Gasteiger partial charge in [0.1, 0.15) is 0 Å². The van der Waals surface area contributed by atoms with E-state index in [1.807, 2.05) is 11.4 Å². The molecule has 1 aromatic rings. The summed E-state index contributed by atoms with van der Waals surface area (Å²) >= 11 is 1.36. The van der Waals surface area contributed by atoms with Gasteiger partial charge in [-0.2, -0.15) is 0 Å². The first-order valence-electron chi connectivity index (χ1n) is 5.23. The second-order valence-electron chi connectivity index (χ2n) is 3.99. The third-order valence-corrected chi connectivity index (χ3v) is 3.52. The summed E-state index contributed by atoms with van der Waals surface area (Å²) in [4.78, 5) is 23.0. The summed E-state index contributed by atoms with van der Waals surface area (Å²) in [6.07, 6.45) is 2.05. The van der Waals surface area contributed by atoms with E-state index < -0.39 is 5.97 Å². The van der Waals surface area contributed by atoms with Gasteiger partial charge in [0.05, 0.1) is 11.3 Å². The highest BCUT2D eigenvalue weighted by atomic mass is 32.1. The molecule has 1 fully saturated rings. The number of amides is 1. The van der Waals surface area contributed by atoms with Crippen LogP contribution in [-0.2, 0) is 4.79 Å². The largest absolute Gasteiger partial charge is 0.481 e. The number of thiophene rings is 1. The highest BCUT2D eigenvalue weighted by Crippen LogP contribution is 2.34. The fraction of sp³-hybridized carbons (Fsp3) is 0.455. The van der Waals surface area contributed by atoms with Gasteiger partial charge in [-0.25, -0.2) is 0 Å². The van der Waals surface area contributed by atoms with E-state index >= 15 is 0 Å². The zero-order valence-electron chi connectivity index (χ0n) is 8.68. The van der Waals surface area contributed by atoms with E-state index in [9.17, 15) is 9.59 Å². The van der Waals surface area contributed by atoms with E-state index in [-0.39, 0.29) is 18.4 Å². The Labute approximate surface area is 97.3 Å². The van der Waals surface area contributed by atoms with Gasteiger partial charge in [-0.15, -0.1) is 11.3 Å². The van der Waals surface area contributed by atoms with Gasteiger partial charge in [-0.05, 0) is 30.2 Å². The molecule has 86 valence electrons. The lowest BCUT2D eigenvalue weighted by Gasteiger charge is -2.15. The van der Waals surface area contributed by atoms with Crippen LogP contribution in [0.3, 0.4) is 0 Å². The number of aliphatic carboxylic acids is 1. The summed E-state index contributed by atoms with van der Waals surface area (Å²) in [6, 6.07) is 3.33. The molecule has 1 aromatic heterocycles. The van der Waals surface area contributed by atoms with E-state index in [0.29, 0.717) is 10.8 Å². The summed E-state index contributed by atoms with van der Waals surface area (Å²) in [5.74, 6) is -0.670. The van der Waals surface area contributed by atoms with Crippen LogP contribution in [0.4, 0.5) is 0 Å². The Morgan fingerprint density at radius 2 is 2.31 bits per heavy atom. The molecular formula is C11H13NO3S. The minimum absolute atomic E-state index is 0.0157. The number of hydrogen-bond donors (Lipinski definition) is 2. The van der Waals surface area contributed by atoms with Crippen LogP contribution in [-0.4, -0.2) is 23.0 Å². The molecule has 1 atom stereocenters. The zero-order valence-corrected chi connectivity index (χ0v) is 9.50. The number of rotatable bonds is 5. The highest BCUT2D eigenvalue weighted by Gasteiger charge is 2.33. The van der Waals surface area contributed by atoms with Crippen molar-refractivity contribution < 1.29 is 14.7 Å². The lowest BCUT2D eigenvalue weighted by Crippen LogP contribution is -2.37. The Kier molecular flexibility index (Phi) is 3.24. The van der Waals surface area contributed by atoms with Crippen LogP contribution in [0.25, 0.3) is 0 Å². The molecule has 4 nitrogen and oxygen atoms in total. The first-order chi connectivity index (χ1) is 7.66. The van der Waals surface area contributed by atoms with Crippen LogP contribution in [0.1, 0.15) is 28.9 Å². The van der Waals surface area contributed by atoms with Gasteiger partial charge in [0.2, 0.25) is 0 Å². The van der Waals surface area contributed by atoms with Crippen LogP contribution in [0.5, 0.6) is 0 Å². The van der Waals surface area contributed by atoms with Gasteiger partial charge >= 0.3 is 5.97 Å². The van der Waals surface area contributed by atoms with Gasteiger partial charge in [0, 0.05) is 6.04 Å². The number of nitrogens with one attached hydrogen (secondary N) is 1. The zero-order chi connectivity index (χ0) is 11.5. The Balaban J connectivity index is 1.95. The molecule has 1 aliphatic carbocycles. The first kappa shape index (κ1) is 11.1. The minimum Gasteiger partial charge on any atom is -0.481 e. The normalized spacial score (nSPS) is 16.8. The monoisotopic (exact) mass is 239 g/mol. The molecular weight excluding hydrogens is 226 g/mol. The van der Waals surface area contributed by atoms with Crippen LogP contribution in [0, 0.1) is 5.92 Å². The Morgan fingerprint density at radius 3 is 2.81 bits per heavy atom. The molecule has 16 heavy (non-hydrogen) atoms. The molecule has 2 rings (SSSR count). The molecule has 0 bridgehead atoms. The summed E-state index contributed by atoms with van der Waals surface area (Å²) in [5, 5.41) is 13.4. The summed E-state index contributed by atoms with van der Waals surface area (Å²) in [6.45, 7) is 0. The third-order valence-electron chi connectivity index (χ3n) is 2.65. The minimum atomic E-state index is -0.858. The van der Waals surface area contributed by atoms with Crippen molar-refractivity contribution in [3.8, 4) is 0 Å². The summed E-state index contributed by atoms with van der Waals surface area (Å²) < 4.78 is 0. The molecule has 1 aliphatic rings. The number of carbonyl (C=O) groups excluding carboxylic acids is 1. The van der Waals surface area contributed by atoms with Gasteiger partial charge < -0.3 is 10.4 Å². The van der Waals surface area contributed by atoms with E-state index in [0.717, 1.165) is 12.8 Å². The number of hydrogen-bond acceptors (Lipinski definition) is 3. The van der Waals surface area contributed by atoms with Crippen molar-refractivity contribution in [2.75, 3.05) is 0 Å². The van der Waals surface area contributed by atoms with Gasteiger partial charge in [-0.3, -0.25) is 9.59 Å². The predicted molar refractivity (Wildman–Crippen MR) is 60.6 cm³/mol. The van der Waals surface area contributed by atoms with Gasteiger partial charge in [0.25, 0.3) is 5.91 Å². The predicted octanol–water partition coefficient (Wildman–Crippen LogP) is 1.73. The van der Waals surface area contributed by atoms with E-state index in [1.54, 1.807) is 6.07 Å². The van der Waals surface area contributed by atoms with E-state index in [4.69, 9.17) is 5.11 Å². The molecule has 5 heteroatoms. The number of carbonyl (C=O) groups is 2. The molecule has 0 aromatic carbocycles. The number of carboxylic acid groups (broad SMARTS) is 1. The van der Waals surface area contributed by atoms with E-state index in [1.165, 1.54) is 11.3 Å². The molecule has 2 N–H and O–H groups in total. The van der Waals surface area contributed by atoms with Crippen LogP contribution in [0.2, 0.25) is 0 Å². The molecule has 1 saturated carbocycles.